The van der Waals surface area contributed by atoms with E-state index in [4.69, 9.17) is 10.5 Å². The molecular formula is C13H15F2N3O. The van der Waals surface area contributed by atoms with E-state index in [1.807, 2.05) is 0 Å². The molecule has 0 radical (unpaired) electrons. The van der Waals surface area contributed by atoms with Crippen LogP contribution >= 0.6 is 0 Å². The first-order chi connectivity index (χ1) is 8.84. The van der Waals surface area contributed by atoms with Gasteiger partial charge in [0.2, 0.25) is 0 Å². The standard InChI is InChI=1S/C13H15F2N3O/c1-13(14,15)8-5-4-6-10(19-3)12(8)9-7-11(16)18(2)17-9/h4-7H,16H2,1-3H3. The lowest BCUT2D eigenvalue weighted by Crippen LogP contribution is -2.10. The number of nitrogens with two attached hydrogens (primary N) is 1. The van der Waals surface area contributed by atoms with Crippen LogP contribution in [0.4, 0.5) is 14.6 Å². The van der Waals surface area contributed by atoms with Crippen LogP contribution in [0, 0.1) is 0 Å². The van der Waals surface area contributed by atoms with Crippen molar-refractivity contribution in [1.29, 1.82) is 0 Å². The van der Waals surface area contributed by atoms with Crippen LogP contribution in [-0.2, 0) is 13.0 Å². The molecule has 0 saturated carbocycles. The third kappa shape index (κ3) is 2.38. The normalized spacial score (nSPS) is 11.6. The molecule has 0 spiro atoms. The summed E-state index contributed by atoms with van der Waals surface area (Å²) in [5, 5.41) is 4.14. The average Bonchev–Trinajstić information content (AvgIpc) is 2.67. The topological polar surface area (TPSA) is 53.1 Å². The van der Waals surface area contributed by atoms with Crippen LogP contribution in [0.2, 0.25) is 0 Å². The number of alkyl halides is 2. The number of anilines is 1. The minimum Gasteiger partial charge on any atom is -0.496 e. The van der Waals surface area contributed by atoms with Gasteiger partial charge in [0.05, 0.1) is 18.4 Å². The van der Waals surface area contributed by atoms with Gasteiger partial charge in [-0.15, -0.1) is 0 Å². The zero-order valence-corrected chi connectivity index (χ0v) is 10.9. The van der Waals surface area contributed by atoms with Crippen molar-refractivity contribution in [2.24, 2.45) is 7.05 Å². The second-order valence-corrected chi connectivity index (χ2v) is 4.35. The Bertz CT molecular complexity index is 583. The van der Waals surface area contributed by atoms with E-state index >= 15 is 0 Å². The van der Waals surface area contributed by atoms with Crippen molar-refractivity contribution in [2.45, 2.75) is 12.8 Å². The van der Waals surface area contributed by atoms with E-state index in [9.17, 15) is 8.78 Å². The van der Waals surface area contributed by atoms with Gasteiger partial charge in [-0.3, -0.25) is 4.68 Å². The molecule has 0 aliphatic heterocycles. The molecule has 0 bridgehead atoms. The molecule has 0 fully saturated rings. The predicted octanol–water partition coefficient (Wildman–Crippen LogP) is 2.79. The Balaban J connectivity index is 2.72. The van der Waals surface area contributed by atoms with Crippen molar-refractivity contribution in [3.8, 4) is 17.0 Å². The van der Waals surface area contributed by atoms with Crippen molar-refractivity contribution in [3.63, 3.8) is 0 Å². The van der Waals surface area contributed by atoms with E-state index in [0.29, 0.717) is 17.3 Å². The fraction of sp³-hybridized carbons (Fsp3) is 0.308. The summed E-state index contributed by atoms with van der Waals surface area (Å²) in [5.74, 6) is -2.25. The Kier molecular flexibility index (Phi) is 3.18. The number of nitrogens with zero attached hydrogens (tertiary/aromatic N) is 2. The van der Waals surface area contributed by atoms with Gasteiger partial charge in [-0.2, -0.15) is 5.10 Å². The minimum absolute atomic E-state index is 0.134. The molecule has 4 nitrogen and oxygen atoms in total. The number of aromatic nitrogens is 2. The summed E-state index contributed by atoms with van der Waals surface area (Å²) in [5.41, 5.74) is 6.20. The number of nitrogen functional groups attached to an aromatic ring is 1. The first-order valence-electron chi connectivity index (χ1n) is 5.69. The van der Waals surface area contributed by atoms with Crippen molar-refractivity contribution < 1.29 is 13.5 Å². The Labute approximate surface area is 109 Å². The summed E-state index contributed by atoms with van der Waals surface area (Å²) in [6.45, 7) is 0.845. The molecule has 2 aromatic rings. The van der Waals surface area contributed by atoms with Crippen molar-refractivity contribution in [3.05, 3.63) is 29.8 Å². The Morgan fingerprint density at radius 2 is 2.05 bits per heavy atom. The van der Waals surface area contributed by atoms with Crippen LogP contribution in [0.3, 0.4) is 0 Å². The smallest absolute Gasteiger partial charge is 0.271 e. The van der Waals surface area contributed by atoms with E-state index in [1.165, 1.54) is 23.9 Å². The SMILES string of the molecule is COc1cccc(C(C)(F)F)c1-c1cc(N)n(C)n1. The number of aryl methyl sites for hydroxylation is 1. The van der Waals surface area contributed by atoms with Crippen LogP contribution in [-0.4, -0.2) is 16.9 Å². The number of halogens is 2. The predicted molar refractivity (Wildman–Crippen MR) is 69.2 cm³/mol. The van der Waals surface area contributed by atoms with Crippen LogP contribution < -0.4 is 10.5 Å². The van der Waals surface area contributed by atoms with Crippen molar-refractivity contribution in [1.82, 2.24) is 9.78 Å². The maximum Gasteiger partial charge on any atom is 0.271 e. The lowest BCUT2D eigenvalue weighted by molar-refractivity contribution is 0.0179. The van der Waals surface area contributed by atoms with E-state index < -0.39 is 5.92 Å². The van der Waals surface area contributed by atoms with Gasteiger partial charge in [0.15, 0.2) is 0 Å². The zero-order valence-electron chi connectivity index (χ0n) is 10.9. The summed E-state index contributed by atoms with van der Waals surface area (Å²) in [4.78, 5) is 0. The first-order valence-corrected chi connectivity index (χ1v) is 5.69. The molecule has 2 rings (SSSR count). The van der Waals surface area contributed by atoms with Gasteiger partial charge in [-0.1, -0.05) is 12.1 Å². The van der Waals surface area contributed by atoms with Gasteiger partial charge in [0, 0.05) is 25.6 Å². The summed E-state index contributed by atoms with van der Waals surface area (Å²) in [6, 6.07) is 6.06. The number of benzene rings is 1. The highest BCUT2D eigenvalue weighted by Crippen LogP contribution is 2.40. The summed E-state index contributed by atoms with van der Waals surface area (Å²) < 4.78 is 34.0. The molecule has 1 aromatic carbocycles. The number of hydrogen-bond acceptors (Lipinski definition) is 3. The highest BCUT2D eigenvalue weighted by Gasteiger charge is 2.30. The van der Waals surface area contributed by atoms with Crippen molar-refractivity contribution in [2.75, 3.05) is 12.8 Å². The molecule has 6 heteroatoms. The number of methoxy groups -OCH3 is 1. The third-order valence-electron chi connectivity index (χ3n) is 2.89. The maximum absolute atomic E-state index is 13.7. The fourth-order valence-electron chi connectivity index (χ4n) is 1.94. The van der Waals surface area contributed by atoms with Crippen LogP contribution in [0.1, 0.15) is 12.5 Å². The summed E-state index contributed by atoms with van der Waals surface area (Å²) in [6.07, 6.45) is 0. The van der Waals surface area contributed by atoms with Crippen molar-refractivity contribution >= 4 is 5.82 Å². The monoisotopic (exact) mass is 267 g/mol. The fourth-order valence-corrected chi connectivity index (χ4v) is 1.94. The molecular weight excluding hydrogens is 252 g/mol. The molecule has 19 heavy (non-hydrogen) atoms. The molecule has 0 amide bonds. The van der Waals surface area contributed by atoms with E-state index in [0.717, 1.165) is 6.92 Å². The Morgan fingerprint density at radius 3 is 2.53 bits per heavy atom. The van der Waals surface area contributed by atoms with E-state index in [1.54, 1.807) is 19.2 Å². The van der Waals surface area contributed by atoms with Gasteiger partial charge >= 0.3 is 0 Å². The Hall–Kier alpha value is -2.11. The van der Waals surface area contributed by atoms with Gasteiger partial charge in [0.1, 0.15) is 11.6 Å². The zero-order chi connectivity index (χ0) is 14.2. The summed E-state index contributed by atoms with van der Waals surface area (Å²) >= 11 is 0. The van der Waals surface area contributed by atoms with Crippen LogP contribution in [0.15, 0.2) is 24.3 Å². The average molecular weight is 267 g/mol. The van der Waals surface area contributed by atoms with E-state index in [2.05, 4.69) is 5.10 Å². The third-order valence-corrected chi connectivity index (χ3v) is 2.89. The molecule has 0 aliphatic carbocycles. The summed E-state index contributed by atoms with van der Waals surface area (Å²) in [7, 11) is 3.08. The Morgan fingerprint density at radius 1 is 1.37 bits per heavy atom. The largest absolute Gasteiger partial charge is 0.496 e. The lowest BCUT2D eigenvalue weighted by Gasteiger charge is -2.17. The van der Waals surface area contributed by atoms with E-state index in [-0.39, 0.29) is 11.1 Å². The second-order valence-electron chi connectivity index (χ2n) is 4.35. The van der Waals surface area contributed by atoms with Gasteiger partial charge in [0.25, 0.3) is 5.92 Å². The van der Waals surface area contributed by atoms with Gasteiger partial charge < -0.3 is 10.5 Å². The highest BCUT2D eigenvalue weighted by atomic mass is 19.3. The minimum atomic E-state index is -2.99. The van der Waals surface area contributed by atoms with Crippen LogP contribution in [0.5, 0.6) is 5.75 Å². The van der Waals surface area contributed by atoms with Gasteiger partial charge in [-0.05, 0) is 6.07 Å². The molecule has 102 valence electrons. The lowest BCUT2D eigenvalue weighted by atomic mass is 9.99. The van der Waals surface area contributed by atoms with Gasteiger partial charge in [-0.25, -0.2) is 8.78 Å². The molecule has 0 aliphatic rings. The number of ether oxygens (including phenoxy) is 1. The van der Waals surface area contributed by atoms with Crippen LogP contribution in [0.25, 0.3) is 11.3 Å². The molecule has 0 atom stereocenters. The number of hydrogen-bond donors (Lipinski definition) is 1. The first kappa shape index (κ1) is 13.3. The molecule has 0 saturated heterocycles. The molecule has 2 N–H and O–H groups in total. The maximum atomic E-state index is 13.7. The second kappa shape index (κ2) is 4.53. The molecule has 1 heterocycles. The molecule has 1 aromatic heterocycles. The number of rotatable bonds is 3. The molecule has 0 unspecified atom stereocenters. The quantitative estimate of drug-likeness (QED) is 0.930. The highest BCUT2D eigenvalue weighted by molar-refractivity contribution is 5.73.